The first-order chi connectivity index (χ1) is 18.3. The molecule has 1 saturated heterocycles. The predicted molar refractivity (Wildman–Crippen MR) is 139 cm³/mol. The maximum absolute atomic E-state index is 14.9. The molecule has 0 saturated carbocycles. The third-order valence-corrected chi connectivity index (χ3v) is 6.26. The summed E-state index contributed by atoms with van der Waals surface area (Å²) in [5.74, 6) is 5.11. The minimum absolute atomic E-state index is 0.0413. The lowest BCUT2D eigenvalue weighted by Gasteiger charge is -2.18. The zero-order valence-electron chi connectivity index (χ0n) is 21.3. The first kappa shape index (κ1) is 25.4. The van der Waals surface area contributed by atoms with Crippen LogP contribution >= 0.6 is 0 Å². The lowest BCUT2D eigenvalue weighted by Crippen LogP contribution is -2.26. The number of pyridine rings is 1. The largest absolute Gasteiger partial charge is 0.369 e. The highest BCUT2D eigenvalue weighted by atomic mass is 19.1. The fourth-order valence-electron chi connectivity index (χ4n) is 4.51. The average Bonchev–Trinajstić information content (AvgIpc) is 3.26. The maximum atomic E-state index is 14.9. The normalized spacial score (nSPS) is 15.4. The summed E-state index contributed by atoms with van der Waals surface area (Å²) in [4.78, 5) is 29.1. The van der Waals surface area contributed by atoms with Crippen molar-refractivity contribution in [2.45, 2.75) is 52.2 Å². The smallest absolute Gasteiger partial charge is 0.234 e. The molecule has 0 spiro atoms. The lowest BCUT2D eigenvalue weighted by atomic mass is 10.1. The van der Waals surface area contributed by atoms with Gasteiger partial charge in [-0.2, -0.15) is 0 Å². The number of carbonyl (C=O) groups is 1. The van der Waals surface area contributed by atoms with E-state index in [0.29, 0.717) is 35.8 Å². The van der Waals surface area contributed by atoms with Gasteiger partial charge in [0.25, 0.3) is 0 Å². The molecule has 0 bridgehead atoms. The van der Waals surface area contributed by atoms with Crippen LogP contribution in [0.4, 0.5) is 20.5 Å². The van der Waals surface area contributed by atoms with E-state index in [1.165, 1.54) is 12.3 Å². The highest BCUT2D eigenvalue weighted by Gasteiger charge is 2.20. The van der Waals surface area contributed by atoms with Gasteiger partial charge < -0.3 is 14.6 Å². The van der Waals surface area contributed by atoms with E-state index in [0.717, 1.165) is 19.0 Å². The van der Waals surface area contributed by atoms with Gasteiger partial charge in [0.15, 0.2) is 11.6 Å². The van der Waals surface area contributed by atoms with Crippen molar-refractivity contribution in [3.63, 3.8) is 0 Å². The number of imidazole rings is 1. The van der Waals surface area contributed by atoms with Gasteiger partial charge in [0.05, 0.1) is 11.7 Å². The number of fused-ring (bicyclic) bond motifs is 1. The number of nitrogens with one attached hydrogen (secondary N) is 1. The Balaban J connectivity index is 1.37. The van der Waals surface area contributed by atoms with Crippen molar-refractivity contribution in [3.8, 4) is 23.1 Å². The van der Waals surface area contributed by atoms with E-state index in [9.17, 15) is 13.6 Å². The summed E-state index contributed by atoms with van der Waals surface area (Å²) >= 11 is 0. The predicted octanol–water partition coefficient (Wildman–Crippen LogP) is 5.29. The van der Waals surface area contributed by atoms with Crippen LogP contribution in [0, 0.1) is 30.4 Å². The first-order valence-corrected chi connectivity index (χ1v) is 12.4. The zero-order valence-corrected chi connectivity index (χ0v) is 21.3. The second kappa shape index (κ2) is 10.6. The first-order valence-electron chi connectivity index (χ1n) is 12.4. The minimum atomic E-state index is -0.688. The molecule has 1 aromatic carbocycles. The number of ether oxygens (including phenoxy) is 1. The molecule has 1 unspecified atom stereocenters. The van der Waals surface area contributed by atoms with Crippen LogP contribution < -0.4 is 5.32 Å². The Morgan fingerprint density at radius 2 is 1.97 bits per heavy atom. The number of ketones is 1. The second-order valence-electron chi connectivity index (χ2n) is 9.37. The van der Waals surface area contributed by atoms with Crippen LogP contribution in [0.1, 0.15) is 50.5 Å². The molecule has 1 atom stereocenters. The number of benzene rings is 1. The molecule has 5 rings (SSSR count). The topological polar surface area (TPSA) is 94.8 Å². The van der Waals surface area contributed by atoms with Crippen molar-refractivity contribution >= 4 is 28.6 Å². The molecule has 4 aromatic rings. The number of aryl methyl sites for hydroxylation is 1. The molecule has 1 fully saturated rings. The third kappa shape index (κ3) is 5.24. The summed E-state index contributed by atoms with van der Waals surface area (Å²) in [6, 6.07) is 6.28. The van der Waals surface area contributed by atoms with E-state index < -0.39 is 17.7 Å². The van der Waals surface area contributed by atoms with Crippen LogP contribution in [-0.4, -0.2) is 43.0 Å². The van der Waals surface area contributed by atoms with E-state index in [2.05, 4.69) is 37.1 Å². The summed E-state index contributed by atoms with van der Waals surface area (Å²) in [6.45, 7) is 6.33. The van der Waals surface area contributed by atoms with Crippen molar-refractivity contribution in [1.82, 2.24) is 24.5 Å². The van der Waals surface area contributed by atoms with Crippen molar-refractivity contribution in [2.75, 3.05) is 11.9 Å². The molecule has 0 aliphatic carbocycles. The number of aromatic nitrogens is 5. The summed E-state index contributed by atoms with van der Waals surface area (Å²) in [5.41, 5.74) is 1.56. The molecule has 10 heteroatoms. The van der Waals surface area contributed by atoms with Crippen molar-refractivity contribution in [1.29, 1.82) is 0 Å². The molecular formula is C28H26F2N6O2. The number of hydrogen-bond acceptors (Lipinski definition) is 7. The summed E-state index contributed by atoms with van der Waals surface area (Å²) < 4.78 is 37.0. The Bertz CT molecular complexity index is 1560. The van der Waals surface area contributed by atoms with Crippen LogP contribution in [0.2, 0.25) is 0 Å². The van der Waals surface area contributed by atoms with E-state index in [1.807, 2.05) is 18.4 Å². The summed E-state index contributed by atoms with van der Waals surface area (Å²) in [6.07, 6.45) is 4.68. The Morgan fingerprint density at radius 3 is 2.68 bits per heavy atom. The number of halogens is 2. The SMILES string of the molecule is Cc1nc2c(F)cc(-c3nc(Nc4ccc(C#CC(=O)C5CCCCO5)cn4)ncc3F)cc2n1C(C)C. The van der Waals surface area contributed by atoms with Gasteiger partial charge in [-0.3, -0.25) is 4.79 Å². The van der Waals surface area contributed by atoms with Gasteiger partial charge in [-0.05, 0) is 70.2 Å². The average molecular weight is 517 g/mol. The van der Waals surface area contributed by atoms with Crippen LogP contribution in [0.3, 0.4) is 0 Å². The van der Waals surface area contributed by atoms with Gasteiger partial charge in [-0.15, -0.1) is 0 Å². The number of Topliss-reactive ketones (excluding diaryl/α,β-unsaturated/α-hetero) is 1. The van der Waals surface area contributed by atoms with Crippen LogP contribution in [-0.2, 0) is 9.53 Å². The monoisotopic (exact) mass is 516 g/mol. The molecule has 1 aliphatic rings. The maximum Gasteiger partial charge on any atom is 0.234 e. The van der Waals surface area contributed by atoms with Gasteiger partial charge in [-0.25, -0.2) is 28.7 Å². The molecule has 8 nitrogen and oxygen atoms in total. The fourth-order valence-corrected chi connectivity index (χ4v) is 4.51. The van der Waals surface area contributed by atoms with Gasteiger partial charge >= 0.3 is 0 Å². The van der Waals surface area contributed by atoms with E-state index >= 15 is 0 Å². The van der Waals surface area contributed by atoms with Gasteiger partial charge in [-0.1, -0.05) is 5.92 Å². The summed E-state index contributed by atoms with van der Waals surface area (Å²) in [7, 11) is 0. The van der Waals surface area contributed by atoms with Crippen molar-refractivity contribution < 1.29 is 18.3 Å². The number of hydrogen-bond donors (Lipinski definition) is 1. The Labute approximate surface area is 218 Å². The molecule has 0 radical (unpaired) electrons. The molecule has 4 heterocycles. The van der Waals surface area contributed by atoms with E-state index in [-0.39, 0.29) is 34.5 Å². The van der Waals surface area contributed by atoms with Crippen molar-refractivity contribution in [2.24, 2.45) is 0 Å². The van der Waals surface area contributed by atoms with Crippen molar-refractivity contribution in [3.05, 3.63) is 59.7 Å². The van der Waals surface area contributed by atoms with Gasteiger partial charge in [0.2, 0.25) is 11.7 Å². The molecule has 3 aromatic heterocycles. The molecule has 1 N–H and O–H groups in total. The number of anilines is 2. The Kier molecular flexibility index (Phi) is 7.11. The lowest BCUT2D eigenvalue weighted by molar-refractivity contribution is -0.127. The van der Waals surface area contributed by atoms with Gasteiger partial charge in [0, 0.05) is 30.0 Å². The molecule has 38 heavy (non-hydrogen) atoms. The highest BCUT2D eigenvalue weighted by molar-refractivity contribution is 5.99. The summed E-state index contributed by atoms with van der Waals surface area (Å²) in [5, 5.41) is 2.92. The second-order valence-corrected chi connectivity index (χ2v) is 9.37. The number of rotatable bonds is 5. The number of nitrogens with zero attached hydrogens (tertiary/aromatic N) is 5. The quantitative estimate of drug-likeness (QED) is 0.360. The van der Waals surface area contributed by atoms with Crippen LogP contribution in [0.15, 0.2) is 36.7 Å². The van der Waals surface area contributed by atoms with E-state index in [4.69, 9.17) is 4.74 Å². The van der Waals surface area contributed by atoms with E-state index in [1.54, 1.807) is 25.1 Å². The highest BCUT2D eigenvalue weighted by Crippen LogP contribution is 2.30. The molecule has 0 amide bonds. The molecule has 1 aliphatic heterocycles. The zero-order chi connectivity index (χ0) is 26.8. The fraction of sp³-hybridized carbons (Fsp3) is 0.321. The van der Waals surface area contributed by atoms with Crippen LogP contribution in [0.25, 0.3) is 22.3 Å². The standard InChI is InChI=1S/C28H26F2N6O2/c1-16(2)36-17(3)33-27-20(29)12-19(13-22(27)36)26-21(30)15-32-28(35-26)34-25-10-8-18(14-31-25)7-9-23(37)24-6-4-5-11-38-24/h8,10,12-16,24H,4-6,11H2,1-3H3,(H,31,32,34,35). The number of carbonyl (C=O) groups excluding carboxylic acids is 1. The van der Waals surface area contributed by atoms with Gasteiger partial charge in [0.1, 0.15) is 29.0 Å². The minimum Gasteiger partial charge on any atom is -0.369 e. The third-order valence-electron chi connectivity index (χ3n) is 6.26. The molecular weight excluding hydrogens is 490 g/mol. The van der Waals surface area contributed by atoms with Crippen LogP contribution in [0.5, 0.6) is 0 Å². The Hall–Kier alpha value is -4.23. The Morgan fingerprint density at radius 1 is 1.13 bits per heavy atom. The molecule has 194 valence electrons.